The molecule has 3 N–H and O–H groups in total. The van der Waals surface area contributed by atoms with Gasteiger partial charge in [0, 0.05) is 0 Å². The Balaban J connectivity index is 2.17. The van der Waals surface area contributed by atoms with E-state index in [2.05, 4.69) is 5.32 Å². The van der Waals surface area contributed by atoms with Gasteiger partial charge in [0.1, 0.15) is 5.75 Å². The number of imide groups is 1. The number of amides is 3. The van der Waals surface area contributed by atoms with E-state index in [0.717, 1.165) is 11.8 Å². The highest BCUT2D eigenvalue weighted by atomic mass is 35.5. The standard InChI is InChI=1S/C12H9ClN2O4S/c13-7-3-6(1-2-8(7)19-5-10(14)16)4-9-11(17)15-12(18)20-9/h1-4H,5H2,(H2,14,16)(H,15,17,18)/b9-4-. The van der Waals surface area contributed by atoms with Crippen LogP contribution >= 0.6 is 23.4 Å². The maximum Gasteiger partial charge on any atom is 0.290 e. The normalized spacial score (nSPS) is 16.4. The van der Waals surface area contributed by atoms with Crippen LogP contribution in [0.2, 0.25) is 5.02 Å². The molecule has 1 aromatic rings. The lowest BCUT2D eigenvalue weighted by atomic mass is 10.2. The zero-order valence-corrected chi connectivity index (χ0v) is 11.6. The van der Waals surface area contributed by atoms with Crippen LogP contribution in [0, 0.1) is 0 Å². The van der Waals surface area contributed by atoms with Gasteiger partial charge in [-0.2, -0.15) is 0 Å². The third-order valence-corrected chi connectivity index (χ3v) is 3.37. The average molecular weight is 313 g/mol. The Labute approximate surface area is 123 Å². The number of hydrogen-bond acceptors (Lipinski definition) is 5. The zero-order chi connectivity index (χ0) is 14.7. The molecule has 0 spiro atoms. The number of primary amides is 1. The maximum atomic E-state index is 11.4. The lowest BCUT2D eigenvalue weighted by Crippen LogP contribution is -2.20. The molecule has 6 nitrogen and oxygen atoms in total. The molecule has 0 radical (unpaired) electrons. The number of nitrogens with two attached hydrogens (primary N) is 1. The fraction of sp³-hybridized carbons (Fsp3) is 0.0833. The van der Waals surface area contributed by atoms with E-state index in [1.54, 1.807) is 18.2 Å². The van der Waals surface area contributed by atoms with E-state index in [0.29, 0.717) is 11.3 Å². The van der Waals surface area contributed by atoms with Crippen LogP contribution in [0.1, 0.15) is 5.56 Å². The van der Waals surface area contributed by atoms with Gasteiger partial charge in [0.25, 0.3) is 17.1 Å². The Kier molecular flexibility index (Phi) is 4.31. The van der Waals surface area contributed by atoms with Crippen LogP contribution in [0.3, 0.4) is 0 Å². The summed E-state index contributed by atoms with van der Waals surface area (Å²) < 4.78 is 5.10. The largest absolute Gasteiger partial charge is 0.482 e. The molecule has 0 atom stereocenters. The SMILES string of the molecule is NC(=O)COc1ccc(/C=C2\SC(=O)NC2=O)cc1Cl. The highest BCUT2D eigenvalue weighted by Gasteiger charge is 2.24. The number of carbonyl (C=O) groups is 3. The first-order chi connectivity index (χ1) is 9.45. The van der Waals surface area contributed by atoms with Crippen LogP contribution < -0.4 is 15.8 Å². The predicted molar refractivity (Wildman–Crippen MR) is 75.2 cm³/mol. The lowest BCUT2D eigenvalue weighted by Gasteiger charge is -2.06. The van der Waals surface area contributed by atoms with E-state index >= 15 is 0 Å². The van der Waals surface area contributed by atoms with E-state index in [4.69, 9.17) is 22.1 Å². The minimum absolute atomic E-state index is 0.271. The Morgan fingerprint density at radius 3 is 2.75 bits per heavy atom. The number of halogens is 1. The summed E-state index contributed by atoms with van der Waals surface area (Å²) in [7, 11) is 0. The molecule has 0 aromatic heterocycles. The predicted octanol–water partition coefficient (Wildman–Crippen LogP) is 1.53. The number of ether oxygens (including phenoxy) is 1. The summed E-state index contributed by atoms with van der Waals surface area (Å²) in [5, 5.41) is 2.02. The molecule has 1 aromatic carbocycles. The maximum absolute atomic E-state index is 11.4. The number of rotatable bonds is 4. The van der Waals surface area contributed by atoms with Gasteiger partial charge in [-0.3, -0.25) is 19.7 Å². The Morgan fingerprint density at radius 1 is 1.45 bits per heavy atom. The van der Waals surface area contributed by atoms with Crippen molar-refractivity contribution in [1.82, 2.24) is 5.32 Å². The number of thioether (sulfide) groups is 1. The minimum atomic E-state index is -0.607. The Hall–Kier alpha value is -1.99. The molecule has 0 aliphatic carbocycles. The lowest BCUT2D eigenvalue weighted by molar-refractivity contribution is -0.120. The number of benzene rings is 1. The summed E-state index contributed by atoms with van der Waals surface area (Å²) in [5.41, 5.74) is 5.59. The first-order valence-corrected chi connectivity index (χ1v) is 6.60. The van der Waals surface area contributed by atoms with E-state index in [1.165, 1.54) is 6.08 Å². The Bertz CT molecular complexity index is 630. The first kappa shape index (κ1) is 14.4. The summed E-state index contributed by atoms with van der Waals surface area (Å²) in [6, 6.07) is 4.75. The van der Waals surface area contributed by atoms with Crippen molar-refractivity contribution in [2.24, 2.45) is 5.73 Å². The number of carbonyl (C=O) groups excluding carboxylic acids is 3. The molecule has 8 heteroatoms. The van der Waals surface area contributed by atoms with Crippen molar-refractivity contribution in [3.8, 4) is 5.75 Å². The van der Waals surface area contributed by atoms with Crippen molar-refractivity contribution in [3.63, 3.8) is 0 Å². The van der Waals surface area contributed by atoms with Crippen molar-refractivity contribution < 1.29 is 19.1 Å². The Morgan fingerprint density at radius 2 is 2.20 bits per heavy atom. The van der Waals surface area contributed by atoms with E-state index < -0.39 is 17.1 Å². The van der Waals surface area contributed by atoms with Crippen LogP contribution in [-0.4, -0.2) is 23.7 Å². The van der Waals surface area contributed by atoms with Crippen LogP contribution in [0.15, 0.2) is 23.1 Å². The first-order valence-electron chi connectivity index (χ1n) is 5.41. The summed E-state index contributed by atoms with van der Waals surface area (Å²) in [4.78, 5) is 33.3. The van der Waals surface area contributed by atoms with Crippen molar-refractivity contribution >= 4 is 46.5 Å². The van der Waals surface area contributed by atoms with Crippen LogP contribution in [0.25, 0.3) is 6.08 Å². The fourth-order valence-corrected chi connectivity index (χ4v) is 2.37. The van der Waals surface area contributed by atoms with Gasteiger partial charge in [0.05, 0.1) is 9.93 Å². The van der Waals surface area contributed by atoms with Crippen molar-refractivity contribution in [2.75, 3.05) is 6.61 Å². The molecular formula is C12H9ClN2O4S. The quantitative estimate of drug-likeness (QED) is 0.821. The minimum Gasteiger partial charge on any atom is -0.482 e. The van der Waals surface area contributed by atoms with Crippen LogP contribution in [0.4, 0.5) is 4.79 Å². The second-order valence-corrected chi connectivity index (χ2v) is 5.22. The highest BCUT2D eigenvalue weighted by Crippen LogP contribution is 2.29. The van der Waals surface area contributed by atoms with E-state index in [1.807, 2.05) is 0 Å². The molecule has 20 heavy (non-hydrogen) atoms. The van der Waals surface area contributed by atoms with Crippen molar-refractivity contribution in [3.05, 3.63) is 33.7 Å². The van der Waals surface area contributed by atoms with Gasteiger partial charge < -0.3 is 10.5 Å². The van der Waals surface area contributed by atoms with Gasteiger partial charge in [-0.25, -0.2) is 0 Å². The molecule has 1 aliphatic heterocycles. The van der Waals surface area contributed by atoms with Gasteiger partial charge in [-0.05, 0) is 35.5 Å². The second kappa shape index (κ2) is 5.98. The molecule has 0 bridgehead atoms. The molecule has 1 aliphatic rings. The summed E-state index contributed by atoms with van der Waals surface area (Å²) in [5.74, 6) is -0.734. The molecule has 1 saturated heterocycles. The molecular weight excluding hydrogens is 304 g/mol. The molecule has 1 heterocycles. The summed E-state index contributed by atoms with van der Waals surface area (Å²) >= 11 is 6.80. The fourth-order valence-electron chi connectivity index (χ4n) is 1.45. The van der Waals surface area contributed by atoms with Crippen molar-refractivity contribution in [2.45, 2.75) is 0 Å². The molecule has 0 saturated carbocycles. The van der Waals surface area contributed by atoms with Gasteiger partial charge in [0.15, 0.2) is 6.61 Å². The monoisotopic (exact) mass is 312 g/mol. The van der Waals surface area contributed by atoms with Gasteiger partial charge in [-0.1, -0.05) is 17.7 Å². The molecule has 2 rings (SSSR count). The molecule has 104 valence electrons. The molecule has 0 unspecified atom stereocenters. The van der Waals surface area contributed by atoms with Gasteiger partial charge in [-0.15, -0.1) is 0 Å². The smallest absolute Gasteiger partial charge is 0.290 e. The molecule has 3 amide bonds. The van der Waals surface area contributed by atoms with Gasteiger partial charge >= 0.3 is 0 Å². The highest BCUT2D eigenvalue weighted by molar-refractivity contribution is 8.18. The third kappa shape index (κ3) is 3.52. The van der Waals surface area contributed by atoms with Gasteiger partial charge in [0.2, 0.25) is 0 Å². The van der Waals surface area contributed by atoms with E-state index in [-0.39, 0.29) is 16.5 Å². The zero-order valence-electron chi connectivity index (χ0n) is 10.0. The third-order valence-electron chi connectivity index (χ3n) is 2.27. The topological polar surface area (TPSA) is 98.5 Å². The van der Waals surface area contributed by atoms with Crippen molar-refractivity contribution in [1.29, 1.82) is 0 Å². The average Bonchev–Trinajstić information content (AvgIpc) is 2.66. The number of hydrogen-bond donors (Lipinski definition) is 2. The second-order valence-electron chi connectivity index (χ2n) is 3.80. The molecule has 1 fully saturated rings. The van der Waals surface area contributed by atoms with Crippen LogP contribution in [0.5, 0.6) is 5.75 Å². The number of nitrogens with one attached hydrogen (secondary N) is 1. The summed E-state index contributed by atoms with van der Waals surface area (Å²) in [6.45, 7) is -0.271. The summed E-state index contributed by atoms with van der Waals surface area (Å²) in [6.07, 6.45) is 1.54. The van der Waals surface area contributed by atoms with Crippen LogP contribution in [-0.2, 0) is 9.59 Å². The van der Waals surface area contributed by atoms with E-state index in [9.17, 15) is 14.4 Å².